The summed E-state index contributed by atoms with van der Waals surface area (Å²) in [5.41, 5.74) is 0. The molecule has 0 rings (SSSR count). The second-order valence-corrected chi connectivity index (χ2v) is 10.7. The van der Waals surface area contributed by atoms with E-state index in [0.717, 1.165) is 5.92 Å². The SMILES string of the molecule is CCCCCCCCCCCCCCCC(CCCCC)CCCCCCCCCC. The third-order valence-corrected chi connectivity index (χ3v) is 7.40. The molecule has 0 radical (unpaired) electrons. The zero-order chi connectivity index (χ0) is 22.7. The molecule has 0 N–H and O–H groups in total. The van der Waals surface area contributed by atoms with Crippen molar-refractivity contribution in [1.29, 1.82) is 0 Å². The molecule has 1 atom stereocenters. The summed E-state index contributed by atoms with van der Waals surface area (Å²) < 4.78 is 0. The van der Waals surface area contributed by atoms with E-state index in [2.05, 4.69) is 20.8 Å². The van der Waals surface area contributed by atoms with Gasteiger partial charge in [-0.05, 0) is 5.92 Å². The van der Waals surface area contributed by atoms with E-state index < -0.39 is 0 Å². The second kappa shape index (κ2) is 28.0. The Labute approximate surface area is 200 Å². The van der Waals surface area contributed by atoms with Crippen LogP contribution in [0.15, 0.2) is 0 Å². The van der Waals surface area contributed by atoms with E-state index in [9.17, 15) is 0 Å². The maximum absolute atomic E-state index is 2.35. The van der Waals surface area contributed by atoms with Gasteiger partial charge in [0.1, 0.15) is 0 Å². The van der Waals surface area contributed by atoms with Gasteiger partial charge in [-0.15, -0.1) is 0 Å². The predicted octanol–water partition coefficient (Wildman–Crippen LogP) is 12.2. The summed E-state index contributed by atoms with van der Waals surface area (Å²) in [6, 6.07) is 0. The Balaban J connectivity index is 3.56. The van der Waals surface area contributed by atoms with Crippen LogP contribution in [0.4, 0.5) is 0 Å². The van der Waals surface area contributed by atoms with Gasteiger partial charge < -0.3 is 0 Å². The summed E-state index contributed by atoms with van der Waals surface area (Å²) in [6.45, 7) is 6.97. The Kier molecular flexibility index (Phi) is 28.0. The van der Waals surface area contributed by atoms with Gasteiger partial charge in [0.2, 0.25) is 0 Å². The van der Waals surface area contributed by atoms with E-state index in [1.165, 1.54) is 173 Å². The third kappa shape index (κ3) is 26.1. The fourth-order valence-corrected chi connectivity index (χ4v) is 5.13. The molecule has 0 bridgehead atoms. The first kappa shape index (κ1) is 31.0. The Morgan fingerprint density at radius 3 is 0.742 bits per heavy atom. The molecule has 0 heterocycles. The normalized spacial score (nSPS) is 12.5. The molecular formula is C31H64. The van der Waals surface area contributed by atoms with Gasteiger partial charge in [-0.25, -0.2) is 0 Å². The van der Waals surface area contributed by atoms with Crippen LogP contribution in [0.2, 0.25) is 0 Å². The lowest BCUT2D eigenvalue weighted by molar-refractivity contribution is 0.367. The molecule has 0 nitrogen and oxygen atoms in total. The van der Waals surface area contributed by atoms with E-state index >= 15 is 0 Å². The van der Waals surface area contributed by atoms with Gasteiger partial charge in [-0.1, -0.05) is 194 Å². The highest BCUT2D eigenvalue weighted by Crippen LogP contribution is 2.24. The molecule has 0 aromatic heterocycles. The molecule has 188 valence electrons. The van der Waals surface area contributed by atoms with Gasteiger partial charge >= 0.3 is 0 Å². The summed E-state index contributed by atoms with van der Waals surface area (Å²) >= 11 is 0. The van der Waals surface area contributed by atoms with Crippen molar-refractivity contribution in [3.63, 3.8) is 0 Å². The molecule has 0 aliphatic heterocycles. The molecule has 1 unspecified atom stereocenters. The lowest BCUT2D eigenvalue weighted by Crippen LogP contribution is -2.01. The van der Waals surface area contributed by atoms with Crippen molar-refractivity contribution in [2.24, 2.45) is 5.92 Å². The van der Waals surface area contributed by atoms with Gasteiger partial charge in [0.15, 0.2) is 0 Å². The van der Waals surface area contributed by atoms with E-state index in [1.807, 2.05) is 0 Å². The standard InChI is InChI=1S/C31H64/c1-4-7-10-12-14-16-17-18-19-20-22-24-27-30-31(28-25-9-6-3)29-26-23-21-15-13-11-8-5-2/h31H,4-30H2,1-3H3. The minimum atomic E-state index is 1.04. The van der Waals surface area contributed by atoms with Crippen molar-refractivity contribution >= 4 is 0 Å². The quantitative estimate of drug-likeness (QED) is 0.112. The van der Waals surface area contributed by atoms with Crippen LogP contribution >= 0.6 is 0 Å². The van der Waals surface area contributed by atoms with Crippen molar-refractivity contribution < 1.29 is 0 Å². The topological polar surface area (TPSA) is 0 Å². The minimum Gasteiger partial charge on any atom is -0.0654 e. The van der Waals surface area contributed by atoms with Crippen LogP contribution in [-0.2, 0) is 0 Å². The molecule has 0 spiro atoms. The summed E-state index contributed by atoms with van der Waals surface area (Å²) in [4.78, 5) is 0. The number of hydrogen-bond donors (Lipinski definition) is 0. The molecule has 31 heavy (non-hydrogen) atoms. The summed E-state index contributed by atoms with van der Waals surface area (Å²) in [7, 11) is 0. The Morgan fingerprint density at radius 1 is 0.258 bits per heavy atom. The Bertz CT molecular complexity index is 294. The first-order chi connectivity index (χ1) is 15.3. The van der Waals surface area contributed by atoms with Gasteiger partial charge in [0.25, 0.3) is 0 Å². The van der Waals surface area contributed by atoms with Crippen LogP contribution in [-0.4, -0.2) is 0 Å². The minimum absolute atomic E-state index is 1.04. The monoisotopic (exact) mass is 437 g/mol. The van der Waals surface area contributed by atoms with Crippen LogP contribution in [0.3, 0.4) is 0 Å². The maximum atomic E-state index is 2.35. The summed E-state index contributed by atoms with van der Waals surface area (Å²) in [5, 5.41) is 0. The average Bonchev–Trinajstić information content (AvgIpc) is 2.78. The van der Waals surface area contributed by atoms with E-state index in [-0.39, 0.29) is 0 Å². The molecule has 0 saturated carbocycles. The first-order valence-corrected chi connectivity index (χ1v) is 15.3. The summed E-state index contributed by atoms with van der Waals surface area (Å²) in [6.07, 6.45) is 39.8. The highest BCUT2D eigenvalue weighted by atomic mass is 14.1. The molecule has 0 aliphatic carbocycles. The zero-order valence-electron chi connectivity index (χ0n) is 22.7. The van der Waals surface area contributed by atoms with Crippen molar-refractivity contribution in [2.75, 3.05) is 0 Å². The smallest absolute Gasteiger partial charge is 0.0414 e. The molecule has 0 heteroatoms. The fraction of sp³-hybridized carbons (Fsp3) is 1.00. The molecule has 0 aliphatic rings. The molecule has 0 amide bonds. The predicted molar refractivity (Wildman–Crippen MR) is 145 cm³/mol. The van der Waals surface area contributed by atoms with Crippen LogP contribution in [0, 0.1) is 5.92 Å². The fourth-order valence-electron chi connectivity index (χ4n) is 5.13. The maximum Gasteiger partial charge on any atom is -0.0414 e. The van der Waals surface area contributed by atoms with Gasteiger partial charge in [-0.2, -0.15) is 0 Å². The van der Waals surface area contributed by atoms with Crippen LogP contribution < -0.4 is 0 Å². The Hall–Kier alpha value is 0. The molecule has 0 fully saturated rings. The lowest BCUT2D eigenvalue weighted by Gasteiger charge is -2.17. The largest absolute Gasteiger partial charge is 0.0654 e. The van der Waals surface area contributed by atoms with E-state index in [0.29, 0.717) is 0 Å². The zero-order valence-corrected chi connectivity index (χ0v) is 22.7. The summed E-state index contributed by atoms with van der Waals surface area (Å²) in [5.74, 6) is 1.04. The number of unbranched alkanes of at least 4 members (excludes halogenated alkanes) is 21. The molecule has 0 aromatic carbocycles. The van der Waals surface area contributed by atoms with Crippen molar-refractivity contribution in [3.05, 3.63) is 0 Å². The first-order valence-electron chi connectivity index (χ1n) is 15.3. The van der Waals surface area contributed by atoms with Crippen LogP contribution in [0.5, 0.6) is 0 Å². The second-order valence-electron chi connectivity index (χ2n) is 10.7. The van der Waals surface area contributed by atoms with E-state index in [1.54, 1.807) is 0 Å². The highest BCUT2D eigenvalue weighted by molar-refractivity contribution is 4.62. The van der Waals surface area contributed by atoms with Gasteiger partial charge in [-0.3, -0.25) is 0 Å². The highest BCUT2D eigenvalue weighted by Gasteiger charge is 2.08. The number of rotatable bonds is 27. The van der Waals surface area contributed by atoms with Gasteiger partial charge in [0, 0.05) is 0 Å². The van der Waals surface area contributed by atoms with Crippen molar-refractivity contribution in [2.45, 2.75) is 194 Å². The van der Waals surface area contributed by atoms with Crippen molar-refractivity contribution in [3.8, 4) is 0 Å². The Morgan fingerprint density at radius 2 is 0.452 bits per heavy atom. The average molecular weight is 437 g/mol. The van der Waals surface area contributed by atoms with Crippen molar-refractivity contribution in [1.82, 2.24) is 0 Å². The molecule has 0 aromatic rings. The van der Waals surface area contributed by atoms with Gasteiger partial charge in [0.05, 0.1) is 0 Å². The molecule has 0 saturated heterocycles. The van der Waals surface area contributed by atoms with Crippen LogP contribution in [0.1, 0.15) is 194 Å². The van der Waals surface area contributed by atoms with Crippen LogP contribution in [0.25, 0.3) is 0 Å². The third-order valence-electron chi connectivity index (χ3n) is 7.40. The lowest BCUT2D eigenvalue weighted by atomic mass is 9.89. The van der Waals surface area contributed by atoms with E-state index in [4.69, 9.17) is 0 Å². The molecular weight excluding hydrogens is 372 g/mol. The number of hydrogen-bond acceptors (Lipinski definition) is 0.